The van der Waals surface area contributed by atoms with Gasteiger partial charge in [0.05, 0.1) is 13.2 Å². The Hall–Kier alpha value is -1.32. The SMILES string of the molecule is CCCC1CCC(CC(C)C2CCC(C3CCC4CC(COc5ccc(OCC)c(F)c5F)CCC4C3)CC2)CC1. The second-order valence-electron chi connectivity index (χ2n) is 14.8. The first kappa shape index (κ1) is 31.1. The largest absolute Gasteiger partial charge is 0.491 e. The van der Waals surface area contributed by atoms with Crippen LogP contribution < -0.4 is 9.47 Å². The molecular formula is C37H58F2O2. The molecule has 0 N–H and O–H groups in total. The Balaban J connectivity index is 1.01. The summed E-state index contributed by atoms with van der Waals surface area (Å²) in [5.74, 6) is 6.03. The lowest BCUT2D eigenvalue weighted by molar-refractivity contribution is 0.0440. The first-order chi connectivity index (χ1) is 19.9. The molecule has 4 heteroatoms. The van der Waals surface area contributed by atoms with Gasteiger partial charge < -0.3 is 9.47 Å². The van der Waals surface area contributed by atoms with Crippen LogP contribution in [-0.2, 0) is 0 Å². The van der Waals surface area contributed by atoms with Gasteiger partial charge in [0.25, 0.3) is 0 Å². The average Bonchev–Trinajstić information content (AvgIpc) is 3.00. The van der Waals surface area contributed by atoms with Crippen molar-refractivity contribution in [1.29, 1.82) is 0 Å². The van der Waals surface area contributed by atoms with Crippen LogP contribution in [-0.4, -0.2) is 13.2 Å². The van der Waals surface area contributed by atoms with Crippen LogP contribution in [0, 0.1) is 64.9 Å². The molecule has 0 bridgehead atoms. The highest BCUT2D eigenvalue weighted by Gasteiger charge is 2.39. The van der Waals surface area contributed by atoms with Crippen LogP contribution in [0.25, 0.3) is 0 Å². The molecular weight excluding hydrogens is 514 g/mol. The number of benzene rings is 1. The van der Waals surface area contributed by atoms with Gasteiger partial charge in [-0.3, -0.25) is 0 Å². The predicted molar refractivity (Wildman–Crippen MR) is 164 cm³/mol. The summed E-state index contributed by atoms with van der Waals surface area (Å²) in [5.41, 5.74) is 0. The minimum atomic E-state index is -0.945. The summed E-state index contributed by atoms with van der Waals surface area (Å²) >= 11 is 0. The lowest BCUT2D eigenvalue weighted by atomic mass is 9.60. The van der Waals surface area contributed by atoms with Gasteiger partial charge in [0, 0.05) is 0 Å². The van der Waals surface area contributed by atoms with Crippen molar-refractivity contribution in [1.82, 2.24) is 0 Å². The maximum Gasteiger partial charge on any atom is 0.204 e. The molecule has 4 fully saturated rings. The molecule has 0 aliphatic heterocycles. The molecule has 0 saturated heterocycles. The van der Waals surface area contributed by atoms with Gasteiger partial charge >= 0.3 is 0 Å². The first-order valence-corrected chi connectivity index (χ1v) is 17.7. The Morgan fingerprint density at radius 3 is 1.85 bits per heavy atom. The third kappa shape index (κ3) is 7.99. The maximum atomic E-state index is 14.5. The van der Waals surface area contributed by atoms with Gasteiger partial charge in [-0.05, 0) is 143 Å². The summed E-state index contributed by atoms with van der Waals surface area (Å²) in [6.45, 7) is 7.48. The number of hydrogen-bond donors (Lipinski definition) is 0. The van der Waals surface area contributed by atoms with E-state index in [0.29, 0.717) is 19.1 Å². The summed E-state index contributed by atoms with van der Waals surface area (Å²) in [6, 6.07) is 2.98. The highest BCUT2D eigenvalue weighted by atomic mass is 19.2. The lowest BCUT2D eigenvalue weighted by Crippen LogP contribution is -2.36. The molecule has 0 heterocycles. The van der Waals surface area contributed by atoms with E-state index in [1.807, 2.05) is 0 Å². The van der Waals surface area contributed by atoms with Crippen LogP contribution in [0.2, 0.25) is 0 Å². The Morgan fingerprint density at radius 1 is 0.659 bits per heavy atom. The molecule has 5 rings (SSSR count). The van der Waals surface area contributed by atoms with Gasteiger partial charge in [0.1, 0.15) is 0 Å². The van der Waals surface area contributed by atoms with Gasteiger partial charge in [0.15, 0.2) is 11.5 Å². The third-order valence-electron chi connectivity index (χ3n) is 12.2. The Morgan fingerprint density at radius 2 is 1.20 bits per heavy atom. The van der Waals surface area contributed by atoms with E-state index in [1.165, 1.54) is 115 Å². The molecule has 5 unspecified atom stereocenters. The normalized spacial score (nSPS) is 35.0. The van der Waals surface area contributed by atoms with Crippen molar-refractivity contribution in [2.45, 2.75) is 130 Å². The van der Waals surface area contributed by atoms with E-state index in [4.69, 9.17) is 9.47 Å². The molecule has 0 spiro atoms. The number of fused-ring (bicyclic) bond motifs is 1. The zero-order valence-corrected chi connectivity index (χ0v) is 26.4. The molecule has 232 valence electrons. The molecule has 0 radical (unpaired) electrons. The standard InChI is InChI=1S/C37H58F2O2/c1-4-6-26-7-9-27(10-8-26)21-25(3)29-13-15-30(16-14-29)32-18-17-31-22-28(11-12-33(31)23-32)24-41-35-20-19-34(40-5-2)36(38)37(35)39/h19-20,25-33H,4-18,21-24H2,1-3H3. The number of hydrogen-bond acceptors (Lipinski definition) is 2. The van der Waals surface area contributed by atoms with E-state index < -0.39 is 11.6 Å². The van der Waals surface area contributed by atoms with Gasteiger partial charge in [-0.2, -0.15) is 8.78 Å². The van der Waals surface area contributed by atoms with E-state index in [0.717, 1.165) is 53.8 Å². The molecule has 4 saturated carbocycles. The van der Waals surface area contributed by atoms with Gasteiger partial charge in [-0.1, -0.05) is 52.4 Å². The van der Waals surface area contributed by atoms with Crippen molar-refractivity contribution >= 4 is 0 Å². The molecule has 1 aromatic carbocycles. The summed E-state index contributed by atoms with van der Waals surface area (Å²) in [4.78, 5) is 0. The van der Waals surface area contributed by atoms with Crippen LogP contribution in [0.5, 0.6) is 11.5 Å². The fraction of sp³-hybridized carbons (Fsp3) is 0.838. The highest BCUT2D eigenvalue weighted by molar-refractivity contribution is 5.35. The average molecular weight is 573 g/mol. The molecule has 5 atom stereocenters. The van der Waals surface area contributed by atoms with Gasteiger partial charge in [-0.15, -0.1) is 0 Å². The zero-order valence-electron chi connectivity index (χ0n) is 26.4. The van der Waals surface area contributed by atoms with Crippen LogP contribution >= 0.6 is 0 Å². The fourth-order valence-corrected chi connectivity index (χ4v) is 9.77. The smallest absolute Gasteiger partial charge is 0.204 e. The van der Waals surface area contributed by atoms with E-state index in [1.54, 1.807) is 6.92 Å². The zero-order chi connectivity index (χ0) is 28.8. The van der Waals surface area contributed by atoms with Crippen molar-refractivity contribution in [2.24, 2.45) is 53.3 Å². The molecule has 1 aromatic rings. The summed E-state index contributed by atoms with van der Waals surface area (Å²) in [6.07, 6.45) is 24.0. The van der Waals surface area contributed by atoms with Crippen molar-refractivity contribution in [2.75, 3.05) is 13.2 Å². The van der Waals surface area contributed by atoms with Crippen molar-refractivity contribution < 1.29 is 18.3 Å². The van der Waals surface area contributed by atoms with E-state index in [2.05, 4.69) is 13.8 Å². The molecule has 2 nitrogen and oxygen atoms in total. The minimum Gasteiger partial charge on any atom is -0.491 e. The van der Waals surface area contributed by atoms with E-state index >= 15 is 0 Å². The van der Waals surface area contributed by atoms with Crippen LogP contribution in [0.4, 0.5) is 8.78 Å². The predicted octanol–water partition coefficient (Wildman–Crippen LogP) is 11.0. The fourth-order valence-electron chi connectivity index (χ4n) is 9.77. The summed E-state index contributed by atoms with van der Waals surface area (Å²) in [7, 11) is 0. The second-order valence-corrected chi connectivity index (χ2v) is 14.8. The molecule has 4 aliphatic rings. The van der Waals surface area contributed by atoms with Crippen molar-refractivity contribution in [3.8, 4) is 11.5 Å². The van der Waals surface area contributed by atoms with Crippen LogP contribution in [0.1, 0.15) is 130 Å². The lowest BCUT2D eigenvalue weighted by Gasteiger charge is -2.45. The van der Waals surface area contributed by atoms with E-state index in [-0.39, 0.29) is 11.5 Å². The Kier molecular flexibility index (Phi) is 11.3. The second kappa shape index (κ2) is 14.9. The van der Waals surface area contributed by atoms with Crippen LogP contribution in [0.3, 0.4) is 0 Å². The number of rotatable bonds is 11. The first-order valence-electron chi connectivity index (χ1n) is 17.7. The molecule has 4 aliphatic carbocycles. The minimum absolute atomic E-state index is 0.0149. The van der Waals surface area contributed by atoms with Gasteiger partial charge in [-0.25, -0.2) is 0 Å². The summed E-state index contributed by atoms with van der Waals surface area (Å²) in [5, 5.41) is 0. The topological polar surface area (TPSA) is 18.5 Å². The highest BCUT2D eigenvalue weighted by Crippen LogP contribution is 2.50. The monoisotopic (exact) mass is 572 g/mol. The third-order valence-corrected chi connectivity index (χ3v) is 12.2. The Bertz CT molecular complexity index is 933. The van der Waals surface area contributed by atoms with E-state index in [9.17, 15) is 8.78 Å². The molecule has 0 amide bonds. The maximum absolute atomic E-state index is 14.5. The Labute approximate surface area is 249 Å². The van der Waals surface area contributed by atoms with Crippen LogP contribution in [0.15, 0.2) is 12.1 Å². The molecule has 0 aromatic heterocycles. The number of ether oxygens (including phenoxy) is 2. The molecule has 41 heavy (non-hydrogen) atoms. The quantitative estimate of drug-likeness (QED) is 0.262. The van der Waals surface area contributed by atoms with Gasteiger partial charge in [0.2, 0.25) is 11.6 Å². The number of halogens is 2. The van der Waals surface area contributed by atoms with Crippen molar-refractivity contribution in [3.05, 3.63) is 23.8 Å². The van der Waals surface area contributed by atoms with Crippen molar-refractivity contribution in [3.63, 3.8) is 0 Å². The summed E-state index contributed by atoms with van der Waals surface area (Å²) < 4.78 is 39.7.